The number of aromatic nitrogens is 3. The van der Waals surface area contributed by atoms with Crippen LogP contribution < -0.4 is 5.32 Å². The predicted molar refractivity (Wildman–Crippen MR) is 105 cm³/mol. The van der Waals surface area contributed by atoms with Crippen LogP contribution >= 0.6 is 23.4 Å². The molecular weight excluding hydrogens is 387 g/mol. The van der Waals surface area contributed by atoms with E-state index in [1.165, 1.54) is 23.9 Å². The van der Waals surface area contributed by atoms with Gasteiger partial charge < -0.3 is 5.32 Å². The van der Waals surface area contributed by atoms with E-state index in [4.69, 9.17) is 11.6 Å². The third-order valence-corrected chi connectivity index (χ3v) is 4.92. The highest BCUT2D eigenvalue weighted by molar-refractivity contribution is 7.99. The summed E-state index contributed by atoms with van der Waals surface area (Å²) in [5.41, 5.74) is 1.60. The lowest BCUT2D eigenvalue weighted by Gasteiger charge is -2.11. The topological polar surface area (TPSA) is 59.8 Å². The van der Waals surface area contributed by atoms with Gasteiger partial charge in [-0.15, -0.1) is 5.10 Å². The summed E-state index contributed by atoms with van der Waals surface area (Å²) in [5.74, 6) is -0.321. The fourth-order valence-electron chi connectivity index (χ4n) is 2.44. The Bertz CT molecular complexity index is 930. The Morgan fingerprint density at radius 1 is 1.22 bits per heavy atom. The van der Waals surface area contributed by atoms with E-state index in [9.17, 15) is 9.18 Å². The highest BCUT2D eigenvalue weighted by atomic mass is 35.5. The maximum absolute atomic E-state index is 13.1. The second kappa shape index (κ2) is 9.01. The van der Waals surface area contributed by atoms with Gasteiger partial charge in [-0.25, -0.2) is 9.07 Å². The summed E-state index contributed by atoms with van der Waals surface area (Å²) < 4.78 is 14.8. The molecule has 5 nitrogen and oxygen atoms in total. The third kappa shape index (κ3) is 5.30. The van der Waals surface area contributed by atoms with Crippen molar-refractivity contribution < 1.29 is 9.18 Å². The smallest absolute Gasteiger partial charge is 0.243 e. The molecule has 0 radical (unpaired) electrons. The lowest BCUT2D eigenvalue weighted by Crippen LogP contribution is -2.11. The van der Waals surface area contributed by atoms with Gasteiger partial charge in [0.2, 0.25) is 11.2 Å². The van der Waals surface area contributed by atoms with Crippen LogP contribution in [0.1, 0.15) is 25.3 Å². The number of rotatable bonds is 7. The van der Waals surface area contributed by atoms with Crippen molar-refractivity contribution in [3.8, 4) is 0 Å². The van der Waals surface area contributed by atoms with Crippen molar-refractivity contribution in [2.24, 2.45) is 0 Å². The maximum Gasteiger partial charge on any atom is 0.243 e. The van der Waals surface area contributed by atoms with Crippen molar-refractivity contribution in [2.75, 3.05) is 5.32 Å². The molecule has 0 spiro atoms. The molecule has 0 aliphatic carbocycles. The molecule has 0 unspecified atom stereocenters. The van der Waals surface area contributed by atoms with Gasteiger partial charge in [0.25, 0.3) is 0 Å². The van der Waals surface area contributed by atoms with E-state index in [-0.39, 0.29) is 17.0 Å². The quantitative estimate of drug-likeness (QED) is 0.601. The molecule has 0 fully saturated rings. The number of halogens is 2. The van der Waals surface area contributed by atoms with Crippen LogP contribution in [0, 0.1) is 5.82 Å². The minimum absolute atomic E-state index is 0.0311. The van der Waals surface area contributed by atoms with Crippen molar-refractivity contribution in [3.05, 3.63) is 65.2 Å². The van der Waals surface area contributed by atoms with Gasteiger partial charge in [0, 0.05) is 11.3 Å². The molecule has 0 atom stereocenters. The number of nitrogens with zero attached hydrogens (tertiary/aromatic N) is 3. The highest BCUT2D eigenvalue weighted by Crippen LogP contribution is 2.33. The molecule has 0 saturated heterocycles. The molecule has 3 rings (SSSR count). The number of nitrogens with one attached hydrogen (secondary N) is 1. The number of benzene rings is 2. The van der Waals surface area contributed by atoms with E-state index >= 15 is 0 Å². The zero-order valence-electron chi connectivity index (χ0n) is 14.7. The summed E-state index contributed by atoms with van der Waals surface area (Å²) in [4.78, 5) is 17.1. The van der Waals surface area contributed by atoms with Gasteiger partial charge in [-0.1, -0.05) is 31.2 Å². The van der Waals surface area contributed by atoms with Crippen LogP contribution in [0.4, 0.5) is 10.1 Å². The van der Waals surface area contributed by atoms with Crippen LogP contribution in [0.3, 0.4) is 0 Å². The molecule has 0 aliphatic rings. The molecule has 2 aromatic carbocycles. The second-order valence-electron chi connectivity index (χ2n) is 5.84. The molecule has 1 aromatic heterocycles. The summed E-state index contributed by atoms with van der Waals surface area (Å²) in [7, 11) is 0. The normalized spacial score (nSPS) is 10.8. The first-order chi connectivity index (χ1) is 13.0. The Morgan fingerprint density at radius 2 is 1.96 bits per heavy atom. The first-order valence-corrected chi connectivity index (χ1v) is 9.66. The molecule has 1 amide bonds. The van der Waals surface area contributed by atoms with E-state index in [2.05, 4.69) is 15.4 Å². The van der Waals surface area contributed by atoms with Crippen molar-refractivity contribution in [2.45, 2.75) is 36.4 Å². The number of carbonyl (C=O) groups is 1. The van der Waals surface area contributed by atoms with E-state index in [1.807, 2.05) is 31.2 Å². The number of para-hydroxylation sites is 1. The van der Waals surface area contributed by atoms with Gasteiger partial charge in [-0.2, -0.15) is 4.98 Å². The van der Waals surface area contributed by atoms with Crippen LogP contribution in [0.15, 0.2) is 58.6 Å². The van der Waals surface area contributed by atoms with Gasteiger partial charge in [-0.05, 0) is 59.6 Å². The summed E-state index contributed by atoms with van der Waals surface area (Å²) in [6.45, 7) is 2.37. The van der Waals surface area contributed by atoms with E-state index in [0.29, 0.717) is 23.8 Å². The molecule has 27 heavy (non-hydrogen) atoms. The fourth-order valence-corrected chi connectivity index (χ4v) is 3.58. The molecule has 0 bridgehead atoms. The molecule has 0 saturated carbocycles. The Hall–Kier alpha value is -2.38. The Morgan fingerprint density at radius 3 is 2.70 bits per heavy atom. The first kappa shape index (κ1) is 19.4. The number of hydrogen-bond acceptors (Lipinski definition) is 4. The standard InChI is InChI=1S/C19H18ClFN4OS/c1-2-5-17(26)22-15-6-3-4-7-16(15)27-19-23-18(20)24-25(19)12-13-8-10-14(21)11-9-13/h3-4,6-11H,2,5,12H2,1H3,(H,22,26). The molecule has 1 heterocycles. The Kier molecular flexibility index (Phi) is 6.47. The highest BCUT2D eigenvalue weighted by Gasteiger charge is 2.14. The summed E-state index contributed by atoms with van der Waals surface area (Å²) in [5, 5.41) is 7.85. The third-order valence-electron chi connectivity index (χ3n) is 3.70. The molecule has 140 valence electrons. The van der Waals surface area contributed by atoms with Gasteiger partial charge in [0.05, 0.1) is 12.2 Å². The van der Waals surface area contributed by atoms with Gasteiger partial charge in [0.15, 0.2) is 5.16 Å². The number of carbonyl (C=O) groups excluding carboxylic acids is 1. The van der Waals surface area contributed by atoms with Gasteiger partial charge in [0.1, 0.15) is 5.82 Å². The van der Waals surface area contributed by atoms with Crippen LogP contribution in [-0.2, 0) is 11.3 Å². The Labute approximate surface area is 166 Å². The average molecular weight is 405 g/mol. The number of amides is 1. The lowest BCUT2D eigenvalue weighted by atomic mass is 10.2. The zero-order chi connectivity index (χ0) is 19.2. The largest absolute Gasteiger partial charge is 0.325 e. The molecule has 1 N–H and O–H groups in total. The monoisotopic (exact) mass is 404 g/mol. The maximum atomic E-state index is 13.1. The van der Waals surface area contributed by atoms with Crippen molar-refractivity contribution in [1.82, 2.24) is 14.8 Å². The van der Waals surface area contributed by atoms with Crippen molar-refractivity contribution in [1.29, 1.82) is 0 Å². The molecule has 8 heteroatoms. The molecule has 3 aromatic rings. The average Bonchev–Trinajstić information content (AvgIpc) is 2.98. The first-order valence-electron chi connectivity index (χ1n) is 8.46. The zero-order valence-corrected chi connectivity index (χ0v) is 16.2. The van der Waals surface area contributed by atoms with Gasteiger partial charge in [-0.3, -0.25) is 4.79 Å². The fraction of sp³-hybridized carbons (Fsp3) is 0.211. The molecule has 0 aliphatic heterocycles. The minimum atomic E-state index is -0.290. The summed E-state index contributed by atoms with van der Waals surface area (Å²) >= 11 is 7.36. The van der Waals surface area contributed by atoms with E-state index in [0.717, 1.165) is 16.9 Å². The number of hydrogen-bond donors (Lipinski definition) is 1. The van der Waals surface area contributed by atoms with Crippen LogP contribution in [-0.4, -0.2) is 20.7 Å². The lowest BCUT2D eigenvalue weighted by molar-refractivity contribution is -0.116. The second-order valence-corrected chi connectivity index (χ2v) is 7.19. The van der Waals surface area contributed by atoms with Crippen molar-refractivity contribution in [3.63, 3.8) is 0 Å². The summed E-state index contributed by atoms with van der Waals surface area (Å²) in [6, 6.07) is 13.7. The van der Waals surface area contributed by atoms with Gasteiger partial charge >= 0.3 is 0 Å². The predicted octanol–water partition coefficient (Wildman–Crippen LogP) is 5.01. The van der Waals surface area contributed by atoms with Crippen LogP contribution in [0.5, 0.6) is 0 Å². The van der Waals surface area contributed by atoms with Crippen molar-refractivity contribution >= 4 is 35.0 Å². The molecular formula is C19H18ClFN4OS. The van der Waals surface area contributed by atoms with Crippen LogP contribution in [0.25, 0.3) is 0 Å². The SMILES string of the molecule is CCCC(=O)Nc1ccccc1Sc1nc(Cl)nn1Cc1ccc(F)cc1. The summed E-state index contributed by atoms with van der Waals surface area (Å²) in [6.07, 6.45) is 1.24. The minimum Gasteiger partial charge on any atom is -0.325 e. The van der Waals surface area contributed by atoms with Crippen LogP contribution in [0.2, 0.25) is 5.28 Å². The Balaban J connectivity index is 1.82. The van der Waals surface area contributed by atoms with E-state index < -0.39 is 0 Å². The van der Waals surface area contributed by atoms with E-state index in [1.54, 1.807) is 16.8 Å². The number of anilines is 1.